The average Bonchev–Trinajstić information content (AvgIpc) is 2.77. The van der Waals surface area contributed by atoms with Gasteiger partial charge < -0.3 is 9.32 Å². The summed E-state index contributed by atoms with van der Waals surface area (Å²) in [5.74, 6) is 0.952. The number of piperidine rings is 1. The van der Waals surface area contributed by atoms with Gasteiger partial charge in [0, 0.05) is 12.6 Å². The summed E-state index contributed by atoms with van der Waals surface area (Å²) in [6.45, 7) is 2.91. The molecule has 1 aliphatic heterocycles. The van der Waals surface area contributed by atoms with Crippen LogP contribution in [0.15, 0.2) is 4.42 Å². The molecule has 0 aliphatic carbocycles. The highest BCUT2D eigenvalue weighted by molar-refractivity contribution is 6.16. The van der Waals surface area contributed by atoms with Crippen molar-refractivity contribution in [2.75, 3.05) is 6.54 Å². The van der Waals surface area contributed by atoms with Crippen LogP contribution in [-0.2, 0) is 17.1 Å². The van der Waals surface area contributed by atoms with Gasteiger partial charge >= 0.3 is 0 Å². The van der Waals surface area contributed by atoms with Crippen molar-refractivity contribution in [2.24, 2.45) is 0 Å². The van der Waals surface area contributed by atoms with Crippen LogP contribution in [0.4, 0.5) is 0 Å². The van der Waals surface area contributed by atoms with Crippen molar-refractivity contribution in [3.63, 3.8) is 0 Å². The first-order valence-electron chi connectivity index (χ1n) is 5.87. The topological polar surface area (TPSA) is 59.2 Å². The third-order valence-electron chi connectivity index (χ3n) is 3.05. The molecule has 1 unspecified atom stereocenters. The molecule has 1 atom stereocenters. The Labute approximate surface area is 105 Å². The molecule has 0 spiro atoms. The normalized spacial score (nSPS) is 20.6. The fourth-order valence-electron chi connectivity index (χ4n) is 2.11. The van der Waals surface area contributed by atoms with E-state index in [1.165, 1.54) is 6.42 Å². The number of carbonyl (C=O) groups is 1. The zero-order valence-electron chi connectivity index (χ0n) is 9.86. The van der Waals surface area contributed by atoms with Gasteiger partial charge in [0.05, 0.1) is 0 Å². The molecule has 2 heterocycles. The Balaban J connectivity index is 1.95. The fourth-order valence-corrected chi connectivity index (χ4v) is 2.22. The molecule has 94 valence electrons. The number of hydrogen-bond acceptors (Lipinski definition) is 4. The van der Waals surface area contributed by atoms with E-state index in [1.54, 1.807) is 0 Å². The van der Waals surface area contributed by atoms with Crippen LogP contribution in [0, 0.1) is 0 Å². The molecule has 1 aromatic rings. The molecule has 0 bridgehead atoms. The highest BCUT2D eigenvalue weighted by atomic mass is 35.5. The van der Waals surface area contributed by atoms with Crippen molar-refractivity contribution in [3.8, 4) is 0 Å². The highest BCUT2D eigenvalue weighted by Gasteiger charge is 2.24. The summed E-state index contributed by atoms with van der Waals surface area (Å²) in [7, 11) is 0. The minimum Gasteiger partial charge on any atom is -0.423 e. The zero-order valence-corrected chi connectivity index (χ0v) is 10.6. The van der Waals surface area contributed by atoms with Gasteiger partial charge in [0.2, 0.25) is 17.7 Å². The second kappa shape index (κ2) is 5.49. The standard InChI is InChI=1S/C11H16ClN3O2/c1-8-4-2-3-5-15(8)11(16)6-9-13-14-10(7-12)17-9/h8H,2-7H2,1H3. The number of halogens is 1. The van der Waals surface area contributed by atoms with Gasteiger partial charge in [-0.3, -0.25) is 4.79 Å². The van der Waals surface area contributed by atoms with Gasteiger partial charge in [-0.05, 0) is 26.2 Å². The summed E-state index contributed by atoms with van der Waals surface area (Å²) < 4.78 is 5.23. The molecule has 1 saturated heterocycles. The molecule has 0 saturated carbocycles. The van der Waals surface area contributed by atoms with Crippen LogP contribution >= 0.6 is 11.6 Å². The highest BCUT2D eigenvalue weighted by Crippen LogP contribution is 2.17. The van der Waals surface area contributed by atoms with E-state index in [2.05, 4.69) is 17.1 Å². The minimum absolute atomic E-state index is 0.0574. The number of aromatic nitrogens is 2. The molecule has 6 heteroatoms. The Bertz CT molecular complexity index is 394. The first-order valence-corrected chi connectivity index (χ1v) is 6.41. The number of rotatable bonds is 3. The van der Waals surface area contributed by atoms with Crippen molar-refractivity contribution >= 4 is 17.5 Å². The molecule has 1 fully saturated rings. The van der Waals surface area contributed by atoms with Crippen LogP contribution in [0.5, 0.6) is 0 Å². The van der Waals surface area contributed by atoms with Gasteiger partial charge in [0.1, 0.15) is 12.3 Å². The van der Waals surface area contributed by atoms with Gasteiger partial charge in [0.25, 0.3) is 0 Å². The van der Waals surface area contributed by atoms with Crippen molar-refractivity contribution < 1.29 is 9.21 Å². The fraction of sp³-hybridized carbons (Fsp3) is 0.727. The molecule has 5 nitrogen and oxygen atoms in total. The lowest BCUT2D eigenvalue weighted by Crippen LogP contribution is -2.42. The van der Waals surface area contributed by atoms with Crippen LogP contribution in [0.1, 0.15) is 38.0 Å². The number of likely N-dealkylation sites (tertiary alicyclic amines) is 1. The molecular weight excluding hydrogens is 242 g/mol. The molecule has 1 aliphatic rings. The second-order valence-electron chi connectivity index (χ2n) is 4.33. The third kappa shape index (κ3) is 2.97. The molecule has 0 N–H and O–H groups in total. The van der Waals surface area contributed by atoms with Crippen LogP contribution in [0.2, 0.25) is 0 Å². The Kier molecular flexibility index (Phi) is 3.99. The van der Waals surface area contributed by atoms with Crippen LogP contribution in [-0.4, -0.2) is 33.6 Å². The monoisotopic (exact) mass is 257 g/mol. The smallest absolute Gasteiger partial charge is 0.232 e. The van der Waals surface area contributed by atoms with E-state index in [0.717, 1.165) is 19.4 Å². The molecule has 1 aromatic heterocycles. The summed E-state index contributed by atoms with van der Waals surface area (Å²) in [6, 6.07) is 0.312. The van der Waals surface area contributed by atoms with Crippen LogP contribution in [0.3, 0.4) is 0 Å². The zero-order chi connectivity index (χ0) is 12.3. The predicted octanol–water partition coefficient (Wildman–Crippen LogP) is 1.75. The van der Waals surface area contributed by atoms with E-state index < -0.39 is 0 Å². The first-order chi connectivity index (χ1) is 8.20. The van der Waals surface area contributed by atoms with Gasteiger partial charge in [-0.25, -0.2) is 0 Å². The number of nitrogens with zero attached hydrogens (tertiary/aromatic N) is 3. The molecule has 2 rings (SSSR count). The van der Waals surface area contributed by atoms with E-state index in [1.807, 2.05) is 4.90 Å². The Hall–Kier alpha value is -1.10. The third-order valence-corrected chi connectivity index (χ3v) is 3.28. The summed E-state index contributed by atoms with van der Waals surface area (Å²) in [6.07, 6.45) is 3.52. The number of hydrogen-bond donors (Lipinski definition) is 0. The van der Waals surface area contributed by atoms with E-state index in [4.69, 9.17) is 16.0 Å². The van der Waals surface area contributed by atoms with Crippen LogP contribution < -0.4 is 0 Å². The van der Waals surface area contributed by atoms with E-state index in [0.29, 0.717) is 17.8 Å². The largest absolute Gasteiger partial charge is 0.423 e. The van der Waals surface area contributed by atoms with Crippen molar-refractivity contribution in [1.82, 2.24) is 15.1 Å². The maximum atomic E-state index is 12.0. The van der Waals surface area contributed by atoms with Crippen molar-refractivity contribution in [2.45, 2.75) is 44.5 Å². The van der Waals surface area contributed by atoms with Crippen molar-refractivity contribution in [1.29, 1.82) is 0 Å². The predicted molar refractivity (Wildman–Crippen MR) is 62.6 cm³/mol. The summed E-state index contributed by atoms with van der Waals surface area (Å²) in [5.41, 5.74) is 0. The Morgan fingerprint density at radius 2 is 2.24 bits per heavy atom. The number of amides is 1. The lowest BCUT2D eigenvalue weighted by atomic mass is 10.0. The van der Waals surface area contributed by atoms with Gasteiger partial charge in [-0.1, -0.05) is 0 Å². The maximum absolute atomic E-state index is 12.0. The molecule has 1 amide bonds. The van der Waals surface area contributed by atoms with Crippen LogP contribution in [0.25, 0.3) is 0 Å². The molecule has 0 radical (unpaired) electrons. The van der Waals surface area contributed by atoms with Gasteiger partial charge in [-0.15, -0.1) is 21.8 Å². The van der Waals surface area contributed by atoms with Crippen molar-refractivity contribution in [3.05, 3.63) is 11.8 Å². The van der Waals surface area contributed by atoms with Gasteiger partial charge in [-0.2, -0.15) is 0 Å². The number of carbonyl (C=O) groups excluding carboxylic acids is 1. The summed E-state index contributed by atoms with van der Waals surface area (Å²) in [5, 5.41) is 7.53. The Morgan fingerprint density at radius 3 is 2.88 bits per heavy atom. The molecular formula is C11H16ClN3O2. The SMILES string of the molecule is CC1CCCCN1C(=O)Cc1nnc(CCl)o1. The summed E-state index contributed by atoms with van der Waals surface area (Å²) in [4.78, 5) is 13.9. The maximum Gasteiger partial charge on any atom is 0.232 e. The van der Waals surface area contributed by atoms with Gasteiger partial charge in [0.15, 0.2) is 0 Å². The minimum atomic E-state index is 0.0574. The lowest BCUT2D eigenvalue weighted by molar-refractivity contribution is -0.134. The average molecular weight is 258 g/mol. The summed E-state index contributed by atoms with van der Waals surface area (Å²) >= 11 is 5.56. The quantitative estimate of drug-likeness (QED) is 0.774. The Morgan fingerprint density at radius 1 is 1.47 bits per heavy atom. The molecule has 17 heavy (non-hydrogen) atoms. The molecule has 0 aromatic carbocycles. The number of alkyl halides is 1. The lowest BCUT2D eigenvalue weighted by Gasteiger charge is -2.33. The van der Waals surface area contributed by atoms with E-state index in [-0.39, 0.29) is 18.2 Å². The van der Waals surface area contributed by atoms with E-state index in [9.17, 15) is 4.79 Å². The van der Waals surface area contributed by atoms with E-state index >= 15 is 0 Å². The second-order valence-corrected chi connectivity index (χ2v) is 4.60. The first kappa shape index (κ1) is 12.4.